The minimum Gasteiger partial charge on any atom is -0.365 e. The molecule has 1 aliphatic carbocycles. The molecular formula is C16H23Cl3N4O2. The second kappa shape index (κ2) is 10.2. The Bertz CT molecular complexity index is 611. The lowest BCUT2D eigenvalue weighted by molar-refractivity contribution is -0.124. The van der Waals surface area contributed by atoms with Crippen LogP contribution >= 0.6 is 36.4 Å². The fourth-order valence-electron chi connectivity index (χ4n) is 2.83. The van der Waals surface area contributed by atoms with Crippen molar-refractivity contribution in [3.05, 3.63) is 28.9 Å². The highest BCUT2D eigenvalue weighted by Gasteiger charge is 2.29. The van der Waals surface area contributed by atoms with E-state index in [9.17, 15) is 4.79 Å². The Balaban J connectivity index is 0.00000156. The van der Waals surface area contributed by atoms with Crippen LogP contribution in [0.25, 0.3) is 6.08 Å². The van der Waals surface area contributed by atoms with Gasteiger partial charge in [0.25, 0.3) is 5.91 Å². The average molecular weight is 410 g/mol. The second-order valence-electron chi connectivity index (χ2n) is 6.24. The molecule has 1 saturated carbocycles. The molecule has 6 nitrogen and oxygen atoms in total. The third-order valence-electron chi connectivity index (χ3n) is 4.23. The van der Waals surface area contributed by atoms with Crippen LogP contribution in [-0.2, 0) is 4.79 Å². The maximum Gasteiger partial charge on any atom is 0.267 e. The largest absolute Gasteiger partial charge is 0.365 e. The van der Waals surface area contributed by atoms with Crippen LogP contribution in [0.5, 0.6) is 0 Å². The third kappa shape index (κ3) is 6.64. The molecule has 9 heteroatoms. The maximum absolute atomic E-state index is 11.0. The van der Waals surface area contributed by atoms with Gasteiger partial charge in [-0.1, -0.05) is 11.6 Å². The van der Waals surface area contributed by atoms with Crippen molar-refractivity contribution >= 4 is 54.2 Å². The highest BCUT2D eigenvalue weighted by molar-refractivity contribution is 6.33. The molecule has 2 aliphatic rings. The van der Waals surface area contributed by atoms with Gasteiger partial charge in [0.15, 0.2) is 0 Å². The molecule has 1 aliphatic heterocycles. The Labute approximate surface area is 164 Å². The number of nitrogens with one attached hydrogen (secondary N) is 2. The fourth-order valence-corrected chi connectivity index (χ4v) is 3.06. The summed E-state index contributed by atoms with van der Waals surface area (Å²) in [5.74, 6) is 0.997. The Morgan fingerprint density at radius 1 is 1.40 bits per heavy atom. The summed E-state index contributed by atoms with van der Waals surface area (Å²) in [6.45, 7) is 3.38. The molecule has 3 N–H and O–H groups in total. The number of hydrogen-bond donors (Lipinski definition) is 3. The molecule has 2 fully saturated rings. The van der Waals surface area contributed by atoms with Gasteiger partial charge in [-0.2, -0.15) is 0 Å². The zero-order chi connectivity index (χ0) is 16.2. The number of amides is 1. The first-order chi connectivity index (χ1) is 11.1. The Kier molecular flexibility index (Phi) is 8.96. The van der Waals surface area contributed by atoms with Crippen molar-refractivity contribution < 1.29 is 10.0 Å². The highest BCUT2D eigenvalue weighted by Crippen LogP contribution is 2.31. The van der Waals surface area contributed by atoms with E-state index in [4.69, 9.17) is 16.8 Å². The van der Waals surface area contributed by atoms with E-state index in [1.54, 1.807) is 18.3 Å². The van der Waals surface area contributed by atoms with Crippen LogP contribution in [0.3, 0.4) is 0 Å². The number of anilines is 1. The molecule has 25 heavy (non-hydrogen) atoms. The SMILES string of the molecule is Cl.Cl.O=C(C=Cc1cnc(N[C@@H]2CCN(CC3CC3)C2)c(Cl)c1)NO. The van der Waals surface area contributed by atoms with E-state index in [0.717, 1.165) is 25.4 Å². The van der Waals surface area contributed by atoms with Crippen molar-refractivity contribution in [3.63, 3.8) is 0 Å². The van der Waals surface area contributed by atoms with Gasteiger partial charge in [-0.15, -0.1) is 24.8 Å². The summed E-state index contributed by atoms with van der Waals surface area (Å²) in [6, 6.07) is 2.12. The smallest absolute Gasteiger partial charge is 0.267 e. The van der Waals surface area contributed by atoms with E-state index in [2.05, 4.69) is 15.2 Å². The van der Waals surface area contributed by atoms with Crippen LogP contribution in [0.4, 0.5) is 5.82 Å². The van der Waals surface area contributed by atoms with Crippen molar-refractivity contribution in [2.24, 2.45) is 5.92 Å². The Hall–Kier alpha value is -1.05. The zero-order valence-corrected chi connectivity index (χ0v) is 16.0. The summed E-state index contributed by atoms with van der Waals surface area (Å²) in [5, 5.41) is 12.4. The van der Waals surface area contributed by atoms with Crippen molar-refractivity contribution in [1.82, 2.24) is 15.4 Å². The average Bonchev–Trinajstić information content (AvgIpc) is 3.25. The van der Waals surface area contributed by atoms with Gasteiger partial charge in [0.2, 0.25) is 0 Å². The van der Waals surface area contributed by atoms with Gasteiger partial charge in [0.1, 0.15) is 5.82 Å². The first-order valence-electron chi connectivity index (χ1n) is 7.90. The standard InChI is InChI=1S/C16H21ClN4O2.2ClH/c17-14-7-12(3-4-15(22)20-23)8-18-16(14)19-13-5-6-21(10-13)9-11-1-2-11;;/h3-4,7-8,11,13,23H,1-2,5-6,9-10H2,(H,18,19)(H,20,22);2*1H/t13-;;/m1../s1. The van der Waals surface area contributed by atoms with Gasteiger partial charge < -0.3 is 10.2 Å². The van der Waals surface area contributed by atoms with E-state index in [0.29, 0.717) is 22.4 Å². The van der Waals surface area contributed by atoms with Crippen molar-refractivity contribution in [2.75, 3.05) is 25.0 Å². The monoisotopic (exact) mass is 408 g/mol. The minimum absolute atomic E-state index is 0. The molecule has 0 radical (unpaired) electrons. The molecule has 1 atom stereocenters. The van der Waals surface area contributed by atoms with E-state index >= 15 is 0 Å². The minimum atomic E-state index is -0.593. The van der Waals surface area contributed by atoms with Crippen LogP contribution < -0.4 is 10.8 Å². The molecule has 1 amide bonds. The van der Waals surface area contributed by atoms with E-state index in [-0.39, 0.29) is 24.8 Å². The highest BCUT2D eigenvalue weighted by atomic mass is 35.5. The zero-order valence-electron chi connectivity index (χ0n) is 13.7. The van der Waals surface area contributed by atoms with Crippen LogP contribution in [0.15, 0.2) is 18.3 Å². The molecule has 3 rings (SSSR count). The lowest BCUT2D eigenvalue weighted by Gasteiger charge is -2.17. The number of hydroxylamine groups is 1. The lowest BCUT2D eigenvalue weighted by Crippen LogP contribution is -2.28. The fraction of sp³-hybridized carbons (Fsp3) is 0.500. The second-order valence-corrected chi connectivity index (χ2v) is 6.65. The third-order valence-corrected chi connectivity index (χ3v) is 4.51. The number of likely N-dealkylation sites (tertiary alicyclic amines) is 1. The number of hydrogen-bond acceptors (Lipinski definition) is 5. The van der Waals surface area contributed by atoms with Gasteiger partial charge in [0, 0.05) is 37.9 Å². The quantitative estimate of drug-likeness (QED) is 0.382. The Morgan fingerprint density at radius 3 is 2.80 bits per heavy atom. The number of nitrogens with zero attached hydrogens (tertiary/aromatic N) is 2. The maximum atomic E-state index is 11.0. The van der Waals surface area contributed by atoms with Gasteiger partial charge in [-0.05, 0) is 42.9 Å². The molecule has 0 bridgehead atoms. The lowest BCUT2D eigenvalue weighted by atomic mass is 10.2. The molecule has 0 aromatic carbocycles. The topological polar surface area (TPSA) is 77.5 Å². The molecule has 0 unspecified atom stereocenters. The van der Waals surface area contributed by atoms with E-state index in [1.807, 2.05) is 0 Å². The van der Waals surface area contributed by atoms with Gasteiger partial charge in [-0.25, -0.2) is 10.5 Å². The molecular weight excluding hydrogens is 387 g/mol. The summed E-state index contributed by atoms with van der Waals surface area (Å²) in [4.78, 5) is 17.8. The molecule has 1 saturated heterocycles. The molecule has 1 aromatic heterocycles. The normalized spacial score (nSPS) is 20.0. The predicted molar refractivity (Wildman–Crippen MR) is 104 cm³/mol. The number of halogens is 3. The summed E-state index contributed by atoms with van der Waals surface area (Å²) in [6.07, 6.45) is 8.26. The molecule has 2 heterocycles. The molecule has 1 aromatic rings. The van der Waals surface area contributed by atoms with Crippen molar-refractivity contribution in [3.8, 4) is 0 Å². The first-order valence-corrected chi connectivity index (χ1v) is 8.28. The van der Waals surface area contributed by atoms with Crippen LogP contribution in [-0.4, -0.2) is 46.7 Å². The van der Waals surface area contributed by atoms with Crippen LogP contribution in [0, 0.1) is 5.92 Å². The van der Waals surface area contributed by atoms with E-state index in [1.165, 1.54) is 30.9 Å². The van der Waals surface area contributed by atoms with Crippen molar-refractivity contribution in [1.29, 1.82) is 0 Å². The summed E-state index contributed by atoms with van der Waals surface area (Å²) < 4.78 is 0. The number of aromatic nitrogens is 1. The summed E-state index contributed by atoms with van der Waals surface area (Å²) in [7, 11) is 0. The van der Waals surface area contributed by atoms with Crippen LogP contribution in [0.2, 0.25) is 5.02 Å². The number of carbonyl (C=O) groups excluding carboxylic acids is 1. The van der Waals surface area contributed by atoms with Gasteiger partial charge >= 0.3 is 0 Å². The van der Waals surface area contributed by atoms with Gasteiger partial charge in [-0.3, -0.25) is 10.0 Å². The summed E-state index contributed by atoms with van der Waals surface area (Å²) in [5.41, 5.74) is 2.24. The first kappa shape index (κ1) is 22.0. The molecule has 140 valence electrons. The number of rotatable bonds is 6. The molecule has 0 spiro atoms. The van der Waals surface area contributed by atoms with Crippen LogP contribution in [0.1, 0.15) is 24.8 Å². The number of carbonyl (C=O) groups is 1. The van der Waals surface area contributed by atoms with E-state index < -0.39 is 5.91 Å². The summed E-state index contributed by atoms with van der Waals surface area (Å²) >= 11 is 6.27. The van der Waals surface area contributed by atoms with Crippen molar-refractivity contribution in [2.45, 2.75) is 25.3 Å². The predicted octanol–water partition coefficient (Wildman–Crippen LogP) is 2.99. The Morgan fingerprint density at radius 2 is 2.16 bits per heavy atom. The van der Waals surface area contributed by atoms with Gasteiger partial charge in [0.05, 0.1) is 5.02 Å². The number of pyridine rings is 1.